The van der Waals surface area contributed by atoms with Gasteiger partial charge in [-0.15, -0.1) is 0 Å². The first-order valence-electron chi connectivity index (χ1n) is 6.93. The Hall–Kier alpha value is -1.94. The van der Waals surface area contributed by atoms with Crippen LogP contribution in [0.15, 0.2) is 53.3 Å². The van der Waals surface area contributed by atoms with Gasteiger partial charge in [0.25, 0.3) is 0 Å². The number of hydrogen-bond donors (Lipinski definition) is 1. The van der Waals surface area contributed by atoms with Gasteiger partial charge in [0.05, 0.1) is 11.2 Å². The number of fused-ring (bicyclic) bond motifs is 1. The third kappa shape index (κ3) is 3.22. The standard InChI is InChI=1S/C17H16BrN3/c1-12-4-2-3-5-13(12)6-8-19-15-7-9-20-16-10-14(18)11-21-17(15)16/h2-5,7,9-11H,6,8H2,1H3,(H,19,20). The predicted octanol–water partition coefficient (Wildman–Crippen LogP) is 4.36. The van der Waals surface area contributed by atoms with E-state index in [0.717, 1.165) is 34.2 Å². The molecular formula is C17H16BrN3. The zero-order chi connectivity index (χ0) is 14.7. The van der Waals surface area contributed by atoms with Crippen LogP contribution in [-0.2, 0) is 6.42 Å². The second-order valence-corrected chi connectivity index (χ2v) is 5.90. The monoisotopic (exact) mass is 341 g/mol. The average Bonchev–Trinajstić information content (AvgIpc) is 2.49. The lowest BCUT2D eigenvalue weighted by molar-refractivity contribution is 1.01. The first-order chi connectivity index (χ1) is 10.2. The van der Waals surface area contributed by atoms with Crippen molar-refractivity contribution in [2.24, 2.45) is 0 Å². The van der Waals surface area contributed by atoms with E-state index in [1.807, 2.05) is 18.3 Å². The minimum absolute atomic E-state index is 0.877. The summed E-state index contributed by atoms with van der Waals surface area (Å²) < 4.78 is 0.944. The summed E-state index contributed by atoms with van der Waals surface area (Å²) in [5.74, 6) is 0. The van der Waals surface area contributed by atoms with E-state index < -0.39 is 0 Å². The van der Waals surface area contributed by atoms with Crippen LogP contribution in [0.1, 0.15) is 11.1 Å². The highest BCUT2D eigenvalue weighted by molar-refractivity contribution is 9.10. The Morgan fingerprint density at radius 1 is 1.14 bits per heavy atom. The highest BCUT2D eigenvalue weighted by Gasteiger charge is 2.04. The molecule has 0 saturated carbocycles. The lowest BCUT2D eigenvalue weighted by Crippen LogP contribution is -2.06. The minimum Gasteiger partial charge on any atom is -0.383 e. The molecule has 3 aromatic rings. The SMILES string of the molecule is Cc1ccccc1CCNc1ccnc2cc(Br)cnc12. The summed E-state index contributed by atoms with van der Waals surface area (Å²) in [6.45, 7) is 3.03. The van der Waals surface area contributed by atoms with E-state index in [1.54, 1.807) is 6.20 Å². The molecule has 2 heterocycles. The molecule has 21 heavy (non-hydrogen) atoms. The van der Waals surface area contributed by atoms with Gasteiger partial charge in [0.1, 0.15) is 5.52 Å². The highest BCUT2D eigenvalue weighted by Crippen LogP contribution is 2.22. The molecule has 3 nitrogen and oxygen atoms in total. The zero-order valence-corrected chi connectivity index (χ0v) is 13.4. The van der Waals surface area contributed by atoms with E-state index >= 15 is 0 Å². The number of benzene rings is 1. The minimum atomic E-state index is 0.877. The lowest BCUT2D eigenvalue weighted by atomic mass is 10.1. The molecule has 0 aliphatic rings. The number of aromatic nitrogens is 2. The first-order valence-corrected chi connectivity index (χ1v) is 7.72. The topological polar surface area (TPSA) is 37.8 Å². The van der Waals surface area contributed by atoms with Gasteiger partial charge in [-0.05, 0) is 52.5 Å². The fourth-order valence-electron chi connectivity index (χ4n) is 2.37. The molecule has 3 rings (SSSR count). The molecule has 106 valence electrons. The zero-order valence-electron chi connectivity index (χ0n) is 11.8. The first kappa shape index (κ1) is 14.0. The summed E-state index contributed by atoms with van der Waals surface area (Å²) in [7, 11) is 0. The van der Waals surface area contributed by atoms with Crippen LogP contribution in [0.4, 0.5) is 5.69 Å². The van der Waals surface area contributed by atoms with Crippen molar-refractivity contribution in [3.8, 4) is 0 Å². The summed E-state index contributed by atoms with van der Waals surface area (Å²) >= 11 is 3.43. The molecule has 0 bridgehead atoms. The molecule has 0 aliphatic heterocycles. The van der Waals surface area contributed by atoms with Crippen molar-refractivity contribution >= 4 is 32.7 Å². The Morgan fingerprint density at radius 2 is 2.00 bits per heavy atom. The predicted molar refractivity (Wildman–Crippen MR) is 90.6 cm³/mol. The van der Waals surface area contributed by atoms with Gasteiger partial charge in [0.15, 0.2) is 0 Å². The van der Waals surface area contributed by atoms with Crippen LogP contribution in [0, 0.1) is 6.92 Å². The number of rotatable bonds is 4. The largest absolute Gasteiger partial charge is 0.383 e. The van der Waals surface area contributed by atoms with Crippen molar-refractivity contribution < 1.29 is 0 Å². The number of pyridine rings is 2. The number of aryl methyl sites for hydroxylation is 1. The third-order valence-electron chi connectivity index (χ3n) is 3.52. The van der Waals surface area contributed by atoms with Crippen molar-refractivity contribution in [1.82, 2.24) is 9.97 Å². The number of nitrogens with one attached hydrogen (secondary N) is 1. The van der Waals surface area contributed by atoms with Crippen LogP contribution in [0.2, 0.25) is 0 Å². The smallest absolute Gasteiger partial charge is 0.112 e. The fourth-order valence-corrected chi connectivity index (χ4v) is 2.69. The Balaban J connectivity index is 1.75. The molecule has 0 atom stereocenters. The van der Waals surface area contributed by atoms with Gasteiger partial charge in [0, 0.05) is 23.4 Å². The van der Waals surface area contributed by atoms with Gasteiger partial charge in [0.2, 0.25) is 0 Å². The summed E-state index contributed by atoms with van der Waals surface area (Å²) in [6.07, 6.45) is 4.61. The molecular weight excluding hydrogens is 326 g/mol. The summed E-state index contributed by atoms with van der Waals surface area (Å²) in [5, 5.41) is 3.47. The molecule has 1 aromatic carbocycles. The van der Waals surface area contributed by atoms with Crippen LogP contribution in [0.5, 0.6) is 0 Å². The van der Waals surface area contributed by atoms with E-state index in [1.165, 1.54) is 11.1 Å². The molecule has 0 radical (unpaired) electrons. The maximum absolute atomic E-state index is 4.45. The number of hydrogen-bond acceptors (Lipinski definition) is 3. The number of anilines is 1. The Bertz CT molecular complexity index is 771. The fraction of sp³-hybridized carbons (Fsp3) is 0.176. The normalized spacial score (nSPS) is 10.8. The second-order valence-electron chi connectivity index (χ2n) is 4.98. The molecule has 0 amide bonds. The molecule has 2 aromatic heterocycles. The summed E-state index contributed by atoms with van der Waals surface area (Å²) in [4.78, 5) is 8.80. The molecule has 0 aliphatic carbocycles. The van der Waals surface area contributed by atoms with E-state index in [4.69, 9.17) is 0 Å². The molecule has 0 fully saturated rings. The summed E-state index contributed by atoms with van der Waals surface area (Å²) in [6, 6.07) is 12.4. The van der Waals surface area contributed by atoms with Gasteiger partial charge in [-0.2, -0.15) is 0 Å². The third-order valence-corrected chi connectivity index (χ3v) is 3.95. The van der Waals surface area contributed by atoms with Crippen molar-refractivity contribution in [2.75, 3.05) is 11.9 Å². The summed E-state index contributed by atoms with van der Waals surface area (Å²) in [5.41, 5.74) is 5.54. The van der Waals surface area contributed by atoms with Crippen LogP contribution in [0.25, 0.3) is 11.0 Å². The molecule has 1 N–H and O–H groups in total. The van der Waals surface area contributed by atoms with Crippen molar-refractivity contribution in [3.63, 3.8) is 0 Å². The van der Waals surface area contributed by atoms with Crippen LogP contribution < -0.4 is 5.32 Å². The van der Waals surface area contributed by atoms with Gasteiger partial charge >= 0.3 is 0 Å². The van der Waals surface area contributed by atoms with Gasteiger partial charge in [-0.3, -0.25) is 9.97 Å². The molecule has 0 spiro atoms. The quantitative estimate of drug-likeness (QED) is 0.766. The highest BCUT2D eigenvalue weighted by atomic mass is 79.9. The van der Waals surface area contributed by atoms with Crippen LogP contribution in [-0.4, -0.2) is 16.5 Å². The van der Waals surface area contributed by atoms with E-state index in [-0.39, 0.29) is 0 Å². The van der Waals surface area contributed by atoms with Gasteiger partial charge in [-0.1, -0.05) is 24.3 Å². The Morgan fingerprint density at radius 3 is 2.86 bits per heavy atom. The van der Waals surface area contributed by atoms with E-state index in [0.29, 0.717) is 0 Å². The molecule has 4 heteroatoms. The van der Waals surface area contributed by atoms with Crippen molar-refractivity contribution in [3.05, 3.63) is 64.4 Å². The Labute approximate surface area is 132 Å². The average molecular weight is 342 g/mol. The second kappa shape index (κ2) is 6.22. The van der Waals surface area contributed by atoms with Crippen molar-refractivity contribution in [2.45, 2.75) is 13.3 Å². The molecule has 0 unspecified atom stereocenters. The molecule has 0 saturated heterocycles. The maximum Gasteiger partial charge on any atom is 0.112 e. The van der Waals surface area contributed by atoms with Crippen LogP contribution in [0.3, 0.4) is 0 Å². The van der Waals surface area contributed by atoms with E-state index in [2.05, 4.69) is 62.4 Å². The van der Waals surface area contributed by atoms with Gasteiger partial charge in [-0.25, -0.2) is 0 Å². The lowest BCUT2D eigenvalue weighted by Gasteiger charge is -2.10. The maximum atomic E-state index is 4.45. The van der Waals surface area contributed by atoms with Crippen molar-refractivity contribution in [1.29, 1.82) is 0 Å². The van der Waals surface area contributed by atoms with Gasteiger partial charge < -0.3 is 5.32 Å². The number of halogens is 1. The Kier molecular flexibility index (Phi) is 4.15. The number of nitrogens with zero attached hydrogens (tertiary/aromatic N) is 2. The van der Waals surface area contributed by atoms with Crippen LogP contribution >= 0.6 is 15.9 Å². The van der Waals surface area contributed by atoms with E-state index in [9.17, 15) is 0 Å².